The van der Waals surface area contributed by atoms with Crippen LogP contribution in [0.5, 0.6) is 0 Å². The molecule has 1 rings (SSSR count). The van der Waals surface area contributed by atoms with Crippen LogP contribution in [0, 0.1) is 5.92 Å². The van der Waals surface area contributed by atoms with E-state index in [1.807, 2.05) is 6.92 Å². The lowest BCUT2D eigenvalue weighted by molar-refractivity contribution is -0.0743. The minimum atomic E-state index is -0.241. The zero-order chi connectivity index (χ0) is 11.3. The summed E-state index contributed by atoms with van der Waals surface area (Å²) >= 11 is 0. The predicted molar refractivity (Wildman–Crippen MR) is 60.4 cm³/mol. The van der Waals surface area contributed by atoms with Gasteiger partial charge in [0.1, 0.15) is 0 Å². The Kier molecular flexibility index (Phi) is 4.99. The minimum Gasteiger partial charge on any atom is -0.381 e. The van der Waals surface area contributed by atoms with Gasteiger partial charge in [-0.05, 0) is 33.6 Å². The summed E-state index contributed by atoms with van der Waals surface area (Å²) in [5, 5.41) is 0. The van der Waals surface area contributed by atoms with Crippen LogP contribution in [0.2, 0.25) is 0 Å². The van der Waals surface area contributed by atoms with Gasteiger partial charge in [0.25, 0.3) is 0 Å². The molecule has 90 valence electrons. The van der Waals surface area contributed by atoms with E-state index in [0.29, 0.717) is 12.5 Å². The Morgan fingerprint density at radius 1 is 1.60 bits per heavy atom. The SMILES string of the molecule is CCOC(C)(C)C(NN)C1CCCOC1. The van der Waals surface area contributed by atoms with Crippen LogP contribution in [-0.4, -0.2) is 31.5 Å². The molecule has 1 fully saturated rings. The van der Waals surface area contributed by atoms with Crippen molar-refractivity contribution in [2.24, 2.45) is 11.8 Å². The van der Waals surface area contributed by atoms with Crippen LogP contribution < -0.4 is 11.3 Å². The zero-order valence-electron chi connectivity index (χ0n) is 10.1. The van der Waals surface area contributed by atoms with Crippen molar-refractivity contribution in [3.63, 3.8) is 0 Å². The van der Waals surface area contributed by atoms with Crippen molar-refractivity contribution in [1.29, 1.82) is 0 Å². The molecule has 0 aromatic carbocycles. The molecule has 0 bridgehead atoms. The summed E-state index contributed by atoms with van der Waals surface area (Å²) < 4.78 is 11.2. The van der Waals surface area contributed by atoms with Crippen LogP contribution >= 0.6 is 0 Å². The summed E-state index contributed by atoms with van der Waals surface area (Å²) in [4.78, 5) is 0. The van der Waals surface area contributed by atoms with E-state index < -0.39 is 0 Å². The van der Waals surface area contributed by atoms with Crippen LogP contribution in [0.4, 0.5) is 0 Å². The highest BCUT2D eigenvalue weighted by atomic mass is 16.5. The minimum absolute atomic E-state index is 0.151. The third-order valence-electron chi connectivity index (χ3n) is 3.11. The fourth-order valence-electron chi connectivity index (χ4n) is 2.39. The molecule has 2 atom stereocenters. The lowest BCUT2D eigenvalue weighted by Gasteiger charge is -2.40. The number of nitrogens with two attached hydrogens (primary N) is 1. The molecule has 1 saturated heterocycles. The fourth-order valence-corrected chi connectivity index (χ4v) is 2.39. The van der Waals surface area contributed by atoms with Crippen LogP contribution in [0.1, 0.15) is 33.6 Å². The number of hydrazine groups is 1. The van der Waals surface area contributed by atoms with Gasteiger partial charge >= 0.3 is 0 Å². The summed E-state index contributed by atoms with van der Waals surface area (Å²) in [7, 11) is 0. The Morgan fingerprint density at radius 3 is 2.80 bits per heavy atom. The van der Waals surface area contributed by atoms with E-state index in [1.165, 1.54) is 0 Å². The normalized spacial score (nSPS) is 25.2. The molecular weight excluding hydrogens is 192 g/mol. The highest BCUT2D eigenvalue weighted by molar-refractivity contribution is 4.90. The lowest BCUT2D eigenvalue weighted by Crippen LogP contribution is -2.57. The van der Waals surface area contributed by atoms with Crippen LogP contribution in [0.25, 0.3) is 0 Å². The molecule has 0 spiro atoms. The largest absolute Gasteiger partial charge is 0.381 e. The molecule has 1 aliphatic heterocycles. The summed E-state index contributed by atoms with van der Waals surface area (Å²) in [6.45, 7) is 8.53. The molecule has 4 heteroatoms. The van der Waals surface area contributed by atoms with Crippen molar-refractivity contribution in [2.45, 2.75) is 45.3 Å². The van der Waals surface area contributed by atoms with Gasteiger partial charge in [0, 0.05) is 19.1 Å². The van der Waals surface area contributed by atoms with E-state index in [9.17, 15) is 0 Å². The third kappa shape index (κ3) is 3.41. The maximum atomic E-state index is 5.74. The number of ether oxygens (including phenoxy) is 2. The molecule has 1 aliphatic rings. The zero-order valence-corrected chi connectivity index (χ0v) is 10.1. The molecule has 4 nitrogen and oxygen atoms in total. The predicted octanol–water partition coefficient (Wildman–Crippen LogP) is 1.06. The molecule has 3 N–H and O–H groups in total. The van der Waals surface area contributed by atoms with E-state index in [-0.39, 0.29) is 11.6 Å². The third-order valence-corrected chi connectivity index (χ3v) is 3.11. The Bertz CT molecular complexity index is 179. The second-order valence-corrected chi connectivity index (χ2v) is 4.66. The molecule has 2 unspecified atom stereocenters. The van der Waals surface area contributed by atoms with E-state index in [2.05, 4.69) is 19.3 Å². The summed E-state index contributed by atoms with van der Waals surface area (Å²) in [5.74, 6) is 6.08. The van der Waals surface area contributed by atoms with Crippen molar-refractivity contribution in [3.8, 4) is 0 Å². The average molecular weight is 216 g/mol. The molecule has 0 amide bonds. The average Bonchev–Trinajstić information content (AvgIpc) is 2.19. The van der Waals surface area contributed by atoms with Crippen molar-refractivity contribution >= 4 is 0 Å². The number of hydrogen-bond acceptors (Lipinski definition) is 4. The van der Waals surface area contributed by atoms with E-state index in [1.54, 1.807) is 0 Å². The Balaban J connectivity index is 2.59. The number of rotatable bonds is 5. The maximum absolute atomic E-state index is 5.74. The topological polar surface area (TPSA) is 56.5 Å². The standard InChI is InChI=1S/C11H24N2O2/c1-4-15-11(2,3)10(13-12)9-6-5-7-14-8-9/h9-10,13H,4-8,12H2,1-3H3. The van der Waals surface area contributed by atoms with Gasteiger partial charge in [-0.2, -0.15) is 0 Å². The first kappa shape index (κ1) is 12.9. The van der Waals surface area contributed by atoms with Gasteiger partial charge in [-0.25, -0.2) is 0 Å². The van der Waals surface area contributed by atoms with Gasteiger partial charge in [0.05, 0.1) is 18.2 Å². The van der Waals surface area contributed by atoms with Crippen LogP contribution in [0.3, 0.4) is 0 Å². The highest BCUT2D eigenvalue weighted by Gasteiger charge is 2.36. The summed E-state index contributed by atoms with van der Waals surface area (Å²) in [6.07, 6.45) is 2.27. The first-order valence-electron chi connectivity index (χ1n) is 5.79. The second kappa shape index (κ2) is 5.80. The van der Waals surface area contributed by atoms with E-state index in [0.717, 1.165) is 26.1 Å². The molecule has 0 aromatic rings. The summed E-state index contributed by atoms with van der Waals surface area (Å²) in [5.41, 5.74) is 2.65. The van der Waals surface area contributed by atoms with Crippen molar-refractivity contribution in [1.82, 2.24) is 5.43 Å². The molecule has 0 radical (unpaired) electrons. The van der Waals surface area contributed by atoms with Crippen LogP contribution in [-0.2, 0) is 9.47 Å². The summed E-state index contributed by atoms with van der Waals surface area (Å²) in [6, 6.07) is 0.151. The Morgan fingerprint density at radius 2 is 2.33 bits per heavy atom. The van der Waals surface area contributed by atoms with Crippen molar-refractivity contribution in [3.05, 3.63) is 0 Å². The Labute approximate surface area is 92.5 Å². The van der Waals surface area contributed by atoms with E-state index >= 15 is 0 Å². The quantitative estimate of drug-likeness (QED) is 0.533. The number of nitrogens with one attached hydrogen (secondary N) is 1. The van der Waals surface area contributed by atoms with Gasteiger partial charge in [0.2, 0.25) is 0 Å². The first-order chi connectivity index (χ1) is 7.11. The smallest absolute Gasteiger partial charge is 0.0795 e. The maximum Gasteiger partial charge on any atom is 0.0795 e. The number of hydrogen-bond donors (Lipinski definition) is 2. The van der Waals surface area contributed by atoms with Gasteiger partial charge in [-0.3, -0.25) is 11.3 Å². The molecular formula is C11H24N2O2. The molecule has 1 heterocycles. The van der Waals surface area contributed by atoms with Gasteiger partial charge in [0.15, 0.2) is 0 Å². The molecule has 0 saturated carbocycles. The molecule has 0 aliphatic carbocycles. The lowest BCUT2D eigenvalue weighted by atomic mass is 9.84. The highest BCUT2D eigenvalue weighted by Crippen LogP contribution is 2.26. The van der Waals surface area contributed by atoms with Gasteiger partial charge in [-0.1, -0.05) is 0 Å². The van der Waals surface area contributed by atoms with Crippen molar-refractivity contribution < 1.29 is 9.47 Å². The molecule has 0 aromatic heterocycles. The molecule has 15 heavy (non-hydrogen) atoms. The van der Waals surface area contributed by atoms with Gasteiger partial charge in [-0.15, -0.1) is 0 Å². The van der Waals surface area contributed by atoms with Crippen LogP contribution in [0.15, 0.2) is 0 Å². The van der Waals surface area contributed by atoms with E-state index in [4.69, 9.17) is 15.3 Å². The monoisotopic (exact) mass is 216 g/mol. The first-order valence-corrected chi connectivity index (χ1v) is 5.79. The van der Waals surface area contributed by atoms with Crippen molar-refractivity contribution in [2.75, 3.05) is 19.8 Å². The second-order valence-electron chi connectivity index (χ2n) is 4.66. The fraction of sp³-hybridized carbons (Fsp3) is 1.00. The van der Waals surface area contributed by atoms with Gasteiger partial charge < -0.3 is 9.47 Å². The Hall–Kier alpha value is -0.160.